The second-order valence-corrected chi connectivity index (χ2v) is 4.68. The van der Waals surface area contributed by atoms with Gasteiger partial charge < -0.3 is 4.98 Å². The molecule has 0 unspecified atom stereocenters. The van der Waals surface area contributed by atoms with E-state index in [9.17, 15) is 0 Å². The van der Waals surface area contributed by atoms with Gasteiger partial charge in [0.25, 0.3) is 0 Å². The van der Waals surface area contributed by atoms with Crippen LogP contribution in [0.25, 0.3) is 22.8 Å². The standard InChI is InChI=1S/C12H12N6S/c1-17-4-3-9(16-17)12-14-10(5-11(19)15-12)8-6-13-18(2)7-8/h3-7H,1-2H3,(H,14,15,19). The van der Waals surface area contributed by atoms with Gasteiger partial charge in [0.1, 0.15) is 10.3 Å². The molecule has 19 heavy (non-hydrogen) atoms. The van der Waals surface area contributed by atoms with Crippen molar-refractivity contribution in [2.45, 2.75) is 0 Å². The zero-order valence-electron chi connectivity index (χ0n) is 10.5. The van der Waals surface area contributed by atoms with Crippen LogP contribution in [0.2, 0.25) is 0 Å². The first-order chi connectivity index (χ1) is 9.11. The highest BCUT2D eigenvalue weighted by atomic mass is 32.1. The molecule has 0 radical (unpaired) electrons. The van der Waals surface area contributed by atoms with Gasteiger partial charge in [-0.1, -0.05) is 12.2 Å². The van der Waals surface area contributed by atoms with Crippen LogP contribution >= 0.6 is 12.2 Å². The number of hydrogen-bond donors (Lipinski definition) is 1. The van der Waals surface area contributed by atoms with Crippen LogP contribution in [0.15, 0.2) is 30.7 Å². The Labute approximate surface area is 114 Å². The first-order valence-electron chi connectivity index (χ1n) is 5.72. The van der Waals surface area contributed by atoms with Gasteiger partial charge in [-0.3, -0.25) is 9.36 Å². The van der Waals surface area contributed by atoms with Crippen molar-refractivity contribution < 1.29 is 0 Å². The molecule has 0 amide bonds. The van der Waals surface area contributed by atoms with Crippen LogP contribution < -0.4 is 0 Å². The summed E-state index contributed by atoms with van der Waals surface area (Å²) in [5, 5.41) is 8.47. The summed E-state index contributed by atoms with van der Waals surface area (Å²) < 4.78 is 4.00. The third-order valence-electron chi connectivity index (χ3n) is 2.71. The second kappa shape index (κ2) is 4.43. The Morgan fingerprint density at radius 1 is 1.26 bits per heavy atom. The lowest BCUT2D eigenvalue weighted by molar-refractivity contribution is 0.767. The number of nitrogens with one attached hydrogen (secondary N) is 1. The summed E-state index contributed by atoms with van der Waals surface area (Å²) in [7, 11) is 3.74. The highest BCUT2D eigenvalue weighted by Crippen LogP contribution is 2.19. The second-order valence-electron chi connectivity index (χ2n) is 4.26. The van der Waals surface area contributed by atoms with Crippen LogP contribution in [0.4, 0.5) is 0 Å². The van der Waals surface area contributed by atoms with E-state index < -0.39 is 0 Å². The van der Waals surface area contributed by atoms with Gasteiger partial charge in [0.2, 0.25) is 0 Å². The highest BCUT2D eigenvalue weighted by Gasteiger charge is 2.07. The van der Waals surface area contributed by atoms with Crippen LogP contribution in [0.3, 0.4) is 0 Å². The normalized spacial score (nSPS) is 10.8. The van der Waals surface area contributed by atoms with Crippen molar-refractivity contribution in [2.75, 3.05) is 0 Å². The number of aromatic amines is 1. The van der Waals surface area contributed by atoms with E-state index >= 15 is 0 Å². The van der Waals surface area contributed by atoms with E-state index in [0.717, 1.165) is 17.0 Å². The average Bonchev–Trinajstić information content (AvgIpc) is 2.97. The molecule has 3 rings (SSSR count). The molecule has 0 aromatic carbocycles. The van der Waals surface area contributed by atoms with E-state index in [1.165, 1.54) is 0 Å². The van der Waals surface area contributed by atoms with Gasteiger partial charge >= 0.3 is 0 Å². The summed E-state index contributed by atoms with van der Waals surface area (Å²) in [5.41, 5.74) is 2.61. The zero-order chi connectivity index (χ0) is 13.4. The van der Waals surface area contributed by atoms with Crippen LogP contribution in [0.5, 0.6) is 0 Å². The number of nitrogens with zero attached hydrogens (tertiary/aromatic N) is 5. The highest BCUT2D eigenvalue weighted by molar-refractivity contribution is 7.71. The SMILES string of the molecule is Cn1cc(-c2cc(=S)nc(-c3ccn(C)n3)[nH]2)cn1. The van der Waals surface area contributed by atoms with Gasteiger partial charge in [0, 0.05) is 32.1 Å². The van der Waals surface area contributed by atoms with Gasteiger partial charge in [-0.2, -0.15) is 10.2 Å². The van der Waals surface area contributed by atoms with Crippen molar-refractivity contribution in [3.05, 3.63) is 35.4 Å². The zero-order valence-corrected chi connectivity index (χ0v) is 11.3. The van der Waals surface area contributed by atoms with Gasteiger partial charge in [0.15, 0.2) is 5.82 Å². The van der Waals surface area contributed by atoms with E-state index in [-0.39, 0.29) is 0 Å². The van der Waals surface area contributed by atoms with Crippen molar-refractivity contribution in [3.63, 3.8) is 0 Å². The molecule has 3 heterocycles. The molecule has 6 nitrogen and oxygen atoms in total. The minimum Gasteiger partial charge on any atom is -0.338 e. The molecule has 0 spiro atoms. The predicted octanol–water partition coefficient (Wildman–Crippen LogP) is 1.94. The quantitative estimate of drug-likeness (QED) is 0.724. The maximum absolute atomic E-state index is 5.21. The monoisotopic (exact) mass is 272 g/mol. The van der Waals surface area contributed by atoms with Crippen LogP contribution in [-0.2, 0) is 14.1 Å². The van der Waals surface area contributed by atoms with Gasteiger partial charge in [0.05, 0.1) is 11.9 Å². The van der Waals surface area contributed by atoms with E-state index in [2.05, 4.69) is 20.2 Å². The topological polar surface area (TPSA) is 64.3 Å². The Balaban J connectivity index is 2.13. The van der Waals surface area contributed by atoms with Crippen molar-refractivity contribution >= 4 is 12.2 Å². The fourth-order valence-electron chi connectivity index (χ4n) is 1.84. The number of aryl methyl sites for hydroxylation is 2. The minimum absolute atomic E-state index is 0.526. The van der Waals surface area contributed by atoms with Gasteiger partial charge in [-0.05, 0) is 12.1 Å². The smallest absolute Gasteiger partial charge is 0.159 e. The fourth-order valence-corrected chi connectivity index (χ4v) is 2.05. The molecule has 0 saturated heterocycles. The summed E-state index contributed by atoms with van der Waals surface area (Å²) in [6, 6.07) is 3.71. The summed E-state index contributed by atoms with van der Waals surface area (Å²) in [6.07, 6.45) is 5.57. The van der Waals surface area contributed by atoms with Crippen molar-refractivity contribution in [1.82, 2.24) is 29.5 Å². The van der Waals surface area contributed by atoms with E-state index in [0.29, 0.717) is 10.5 Å². The molecular weight excluding hydrogens is 260 g/mol. The lowest BCUT2D eigenvalue weighted by Crippen LogP contribution is -1.94. The Morgan fingerprint density at radius 2 is 2.11 bits per heavy atom. The molecule has 0 fully saturated rings. The predicted molar refractivity (Wildman–Crippen MR) is 73.8 cm³/mol. The van der Waals surface area contributed by atoms with Crippen LogP contribution in [-0.4, -0.2) is 29.5 Å². The lowest BCUT2D eigenvalue weighted by atomic mass is 10.2. The first-order valence-corrected chi connectivity index (χ1v) is 6.13. The summed E-state index contributed by atoms with van der Waals surface area (Å²) in [6.45, 7) is 0. The van der Waals surface area contributed by atoms with Crippen LogP contribution in [0.1, 0.15) is 0 Å². The summed E-state index contributed by atoms with van der Waals surface area (Å²) in [4.78, 5) is 7.54. The molecular formula is C12H12N6S. The maximum Gasteiger partial charge on any atom is 0.159 e. The third kappa shape index (κ3) is 2.32. The summed E-state index contributed by atoms with van der Waals surface area (Å²) >= 11 is 5.21. The number of hydrogen-bond acceptors (Lipinski definition) is 4. The Hall–Kier alpha value is -2.28. The molecule has 0 bridgehead atoms. The largest absolute Gasteiger partial charge is 0.338 e. The minimum atomic E-state index is 0.526. The molecule has 7 heteroatoms. The molecule has 0 aliphatic carbocycles. The van der Waals surface area contributed by atoms with Crippen molar-refractivity contribution in [1.29, 1.82) is 0 Å². The maximum atomic E-state index is 5.21. The van der Waals surface area contributed by atoms with E-state index in [1.807, 2.05) is 38.6 Å². The van der Waals surface area contributed by atoms with Crippen LogP contribution in [0, 0.1) is 4.64 Å². The molecule has 1 N–H and O–H groups in total. The number of aromatic nitrogens is 6. The van der Waals surface area contributed by atoms with Gasteiger partial charge in [-0.25, -0.2) is 4.98 Å². The Bertz CT molecular complexity index is 720. The molecule has 96 valence electrons. The molecule has 0 aliphatic heterocycles. The lowest BCUT2D eigenvalue weighted by Gasteiger charge is -2.02. The van der Waals surface area contributed by atoms with E-state index in [4.69, 9.17) is 12.2 Å². The molecule has 3 aromatic rings. The Morgan fingerprint density at radius 3 is 2.74 bits per heavy atom. The molecule has 3 aromatic heterocycles. The summed E-state index contributed by atoms with van der Waals surface area (Å²) in [5.74, 6) is 0.659. The van der Waals surface area contributed by atoms with Crippen molar-refractivity contribution in [3.8, 4) is 22.8 Å². The third-order valence-corrected chi connectivity index (χ3v) is 2.92. The van der Waals surface area contributed by atoms with Gasteiger partial charge in [-0.15, -0.1) is 0 Å². The molecule has 0 saturated carbocycles. The average molecular weight is 272 g/mol. The number of H-pyrrole nitrogens is 1. The van der Waals surface area contributed by atoms with Crippen molar-refractivity contribution in [2.24, 2.45) is 14.1 Å². The number of rotatable bonds is 2. The Kier molecular flexibility index (Phi) is 2.75. The fraction of sp³-hybridized carbons (Fsp3) is 0.167. The van der Waals surface area contributed by atoms with E-state index in [1.54, 1.807) is 15.6 Å². The molecule has 0 atom stereocenters. The first kappa shape index (κ1) is 11.8. The molecule has 0 aliphatic rings.